The van der Waals surface area contributed by atoms with Crippen molar-refractivity contribution >= 4 is 22.4 Å². The minimum absolute atomic E-state index is 0.261. The van der Waals surface area contributed by atoms with Gasteiger partial charge < -0.3 is 8.85 Å². The molecule has 0 aliphatic carbocycles. The lowest BCUT2D eigenvalue weighted by molar-refractivity contribution is 0.439. The van der Waals surface area contributed by atoms with Crippen molar-refractivity contribution in [2.24, 2.45) is 0 Å². The van der Waals surface area contributed by atoms with Crippen LogP contribution in [0.15, 0.2) is 42.7 Å². The van der Waals surface area contributed by atoms with Crippen molar-refractivity contribution in [1.82, 2.24) is 0 Å². The SMILES string of the molecule is C=C(/C=C(\O[Si](C)(C)C)c1ccc(F)cc1)O[Si](C)(C)C. The number of halogens is 1. The van der Waals surface area contributed by atoms with E-state index in [2.05, 4.69) is 45.9 Å². The number of rotatable bonds is 6. The zero-order valence-corrected chi connectivity index (χ0v) is 15.8. The van der Waals surface area contributed by atoms with E-state index >= 15 is 0 Å². The molecule has 1 aromatic carbocycles. The second-order valence-electron chi connectivity index (χ2n) is 6.91. The summed E-state index contributed by atoms with van der Waals surface area (Å²) in [6, 6.07) is 6.28. The predicted molar refractivity (Wildman–Crippen MR) is 92.4 cm³/mol. The molecule has 0 spiro atoms. The Labute approximate surface area is 129 Å². The van der Waals surface area contributed by atoms with Crippen molar-refractivity contribution in [1.29, 1.82) is 0 Å². The van der Waals surface area contributed by atoms with E-state index < -0.39 is 16.6 Å². The van der Waals surface area contributed by atoms with Crippen LogP contribution in [0.5, 0.6) is 0 Å². The fourth-order valence-corrected chi connectivity index (χ4v) is 3.37. The summed E-state index contributed by atoms with van der Waals surface area (Å²) in [5, 5.41) is 0. The average Bonchev–Trinajstić information content (AvgIpc) is 2.24. The molecule has 0 aromatic heterocycles. The highest BCUT2D eigenvalue weighted by atomic mass is 28.4. The lowest BCUT2D eigenvalue weighted by Gasteiger charge is -2.24. The van der Waals surface area contributed by atoms with Gasteiger partial charge in [-0.15, -0.1) is 0 Å². The Bertz CT molecular complexity index is 523. The van der Waals surface area contributed by atoms with E-state index in [-0.39, 0.29) is 5.82 Å². The first-order chi connectivity index (χ1) is 9.46. The largest absolute Gasteiger partial charge is 0.545 e. The van der Waals surface area contributed by atoms with Crippen LogP contribution >= 0.6 is 0 Å². The number of benzene rings is 1. The molecule has 116 valence electrons. The molecule has 2 nitrogen and oxygen atoms in total. The maximum Gasteiger partial charge on any atom is 0.242 e. The molecule has 0 N–H and O–H groups in total. The third kappa shape index (κ3) is 7.29. The summed E-state index contributed by atoms with van der Waals surface area (Å²) >= 11 is 0. The van der Waals surface area contributed by atoms with Crippen LogP contribution < -0.4 is 0 Å². The summed E-state index contributed by atoms with van der Waals surface area (Å²) in [5.41, 5.74) is 0.833. The summed E-state index contributed by atoms with van der Waals surface area (Å²) < 4.78 is 25.0. The van der Waals surface area contributed by atoms with E-state index in [0.717, 1.165) is 5.56 Å². The molecule has 0 aliphatic heterocycles. The summed E-state index contributed by atoms with van der Waals surface area (Å²) in [6.45, 7) is 16.6. The van der Waals surface area contributed by atoms with Gasteiger partial charge in [0, 0.05) is 11.6 Å². The fourth-order valence-electron chi connectivity index (χ4n) is 1.68. The molecule has 0 unspecified atom stereocenters. The monoisotopic (exact) mass is 324 g/mol. The molecule has 0 aliphatic rings. The Morgan fingerprint density at radius 2 is 1.43 bits per heavy atom. The number of hydrogen-bond acceptors (Lipinski definition) is 2. The molecule has 0 fully saturated rings. The van der Waals surface area contributed by atoms with Crippen molar-refractivity contribution in [2.75, 3.05) is 0 Å². The summed E-state index contributed by atoms with van der Waals surface area (Å²) in [6.07, 6.45) is 1.81. The zero-order chi connectivity index (χ0) is 16.3. The lowest BCUT2D eigenvalue weighted by Crippen LogP contribution is -2.26. The Morgan fingerprint density at radius 1 is 0.952 bits per heavy atom. The van der Waals surface area contributed by atoms with E-state index in [1.807, 2.05) is 6.08 Å². The Balaban J connectivity index is 3.08. The minimum Gasteiger partial charge on any atom is -0.545 e. The van der Waals surface area contributed by atoms with Gasteiger partial charge in [0.2, 0.25) is 16.6 Å². The molecule has 0 atom stereocenters. The van der Waals surface area contributed by atoms with Gasteiger partial charge in [0.15, 0.2) is 0 Å². The van der Waals surface area contributed by atoms with E-state index in [0.29, 0.717) is 11.5 Å². The van der Waals surface area contributed by atoms with Crippen molar-refractivity contribution in [3.05, 3.63) is 54.1 Å². The molecule has 0 bridgehead atoms. The highest BCUT2D eigenvalue weighted by molar-refractivity contribution is 6.70. The third-order valence-electron chi connectivity index (χ3n) is 2.27. The van der Waals surface area contributed by atoms with E-state index in [9.17, 15) is 4.39 Å². The van der Waals surface area contributed by atoms with Crippen LogP contribution in [0.2, 0.25) is 39.3 Å². The third-order valence-corrected chi connectivity index (χ3v) is 3.98. The molecule has 0 saturated heterocycles. The second kappa shape index (κ2) is 6.62. The van der Waals surface area contributed by atoms with E-state index in [1.165, 1.54) is 12.1 Å². The molecule has 0 amide bonds. The molecule has 1 rings (SSSR count). The summed E-state index contributed by atoms with van der Waals surface area (Å²) in [4.78, 5) is 0. The number of hydrogen-bond donors (Lipinski definition) is 0. The van der Waals surface area contributed by atoms with E-state index in [4.69, 9.17) is 8.85 Å². The van der Waals surface area contributed by atoms with Crippen LogP contribution in [0.4, 0.5) is 4.39 Å². The van der Waals surface area contributed by atoms with Gasteiger partial charge in [-0.25, -0.2) is 4.39 Å². The van der Waals surface area contributed by atoms with Gasteiger partial charge in [0.25, 0.3) is 0 Å². The molecule has 0 heterocycles. The van der Waals surface area contributed by atoms with Crippen LogP contribution in [0.25, 0.3) is 5.76 Å². The van der Waals surface area contributed by atoms with Gasteiger partial charge in [-0.3, -0.25) is 0 Å². The minimum atomic E-state index is -1.79. The highest BCUT2D eigenvalue weighted by Crippen LogP contribution is 2.24. The van der Waals surface area contributed by atoms with Crippen LogP contribution in [0, 0.1) is 5.82 Å². The Morgan fingerprint density at radius 3 is 1.86 bits per heavy atom. The van der Waals surface area contributed by atoms with Crippen molar-refractivity contribution < 1.29 is 13.2 Å². The second-order valence-corrected chi connectivity index (χ2v) is 15.8. The Kier molecular flexibility index (Phi) is 5.58. The van der Waals surface area contributed by atoms with Crippen LogP contribution in [0.3, 0.4) is 0 Å². The van der Waals surface area contributed by atoms with Gasteiger partial charge in [-0.1, -0.05) is 6.58 Å². The molecule has 21 heavy (non-hydrogen) atoms. The molecular weight excluding hydrogens is 299 g/mol. The Hall–Kier alpha value is -1.34. The van der Waals surface area contributed by atoms with Crippen molar-refractivity contribution in [2.45, 2.75) is 39.3 Å². The topological polar surface area (TPSA) is 18.5 Å². The van der Waals surface area contributed by atoms with Gasteiger partial charge >= 0.3 is 0 Å². The molecule has 0 radical (unpaired) electrons. The summed E-state index contributed by atoms with van der Waals surface area (Å²) in [7, 11) is -3.49. The quantitative estimate of drug-likeness (QED) is 0.397. The lowest BCUT2D eigenvalue weighted by atomic mass is 10.2. The first kappa shape index (κ1) is 17.7. The van der Waals surface area contributed by atoms with Gasteiger partial charge in [0.05, 0.1) is 5.76 Å². The molecule has 0 saturated carbocycles. The van der Waals surface area contributed by atoms with Gasteiger partial charge in [-0.2, -0.15) is 0 Å². The average molecular weight is 325 g/mol. The first-order valence-corrected chi connectivity index (χ1v) is 13.8. The first-order valence-electron chi connectivity index (χ1n) is 7.01. The van der Waals surface area contributed by atoms with Gasteiger partial charge in [0.1, 0.15) is 11.6 Å². The van der Waals surface area contributed by atoms with Crippen LogP contribution in [-0.4, -0.2) is 16.6 Å². The van der Waals surface area contributed by atoms with E-state index in [1.54, 1.807) is 12.1 Å². The highest BCUT2D eigenvalue weighted by Gasteiger charge is 2.20. The smallest absolute Gasteiger partial charge is 0.242 e. The summed E-state index contributed by atoms with van der Waals surface area (Å²) in [5.74, 6) is 1.02. The molecular formula is C16H25FO2Si2. The normalized spacial score (nSPS) is 13.0. The zero-order valence-electron chi connectivity index (χ0n) is 13.8. The molecule has 5 heteroatoms. The maximum absolute atomic E-state index is 13.1. The number of allylic oxidation sites excluding steroid dienone is 1. The van der Waals surface area contributed by atoms with Gasteiger partial charge in [-0.05, 0) is 63.5 Å². The van der Waals surface area contributed by atoms with Crippen LogP contribution in [0.1, 0.15) is 5.56 Å². The maximum atomic E-state index is 13.1. The van der Waals surface area contributed by atoms with Crippen LogP contribution in [-0.2, 0) is 8.85 Å². The standard InChI is InChI=1S/C16H25FO2Si2/c1-13(18-20(2,3)4)12-16(19-21(5,6)7)14-8-10-15(17)11-9-14/h8-12H,1H2,2-7H3/b16-12-. The van der Waals surface area contributed by atoms with Crippen molar-refractivity contribution in [3.8, 4) is 0 Å². The molecule has 1 aromatic rings. The fraction of sp³-hybridized carbons (Fsp3) is 0.375. The van der Waals surface area contributed by atoms with Crippen molar-refractivity contribution in [3.63, 3.8) is 0 Å². The predicted octanol–water partition coefficient (Wildman–Crippen LogP) is 5.38.